The summed E-state index contributed by atoms with van der Waals surface area (Å²) in [5, 5.41) is 0. The summed E-state index contributed by atoms with van der Waals surface area (Å²) in [5.74, 6) is -0.539. The number of benzene rings is 2. The minimum absolute atomic E-state index is 0.0727. The van der Waals surface area contributed by atoms with Crippen LogP contribution in [0, 0.1) is 0 Å². The molecule has 0 aliphatic rings. The van der Waals surface area contributed by atoms with E-state index in [1.54, 1.807) is 42.5 Å². The van der Waals surface area contributed by atoms with E-state index >= 15 is 0 Å². The third kappa shape index (κ3) is 3.65. The molecule has 0 aliphatic heterocycles. The largest absolute Gasteiger partial charge is 0.366 e. The van der Waals surface area contributed by atoms with Crippen LogP contribution in [-0.4, -0.2) is 11.7 Å². The Morgan fingerprint density at radius 2 is 1.45 bits per heavy atom. The third-order valence-corrected chi connectivity index (χ3v) is 3.28. The Hall–Kier alpha value is -2.20. The Morgan fingerprint density at radius 1 is 0.900 bits per heavy atom. The number of hydrogen-bond donors (Lipinski definition) is 1. The van der Waals surface area contributed by atoms with Gasteiger partial charge in [-0.1, -0.05) is 34.1 Å². The molecule has 3 nitrogen and oxygen atoms in total. The molecule has 2 N–H and O–H groups in total. The lowest BCUT2D eigenvalue weighted by molar-refractivity contribution is 0.0998. The van der Waals surface area contributed by atoms with E-state index in [-0.39, 0.29) is 5.78 Å². The van der Waals surface area contributed by atoms with E-state index in [2.05, 4.69) is 15.9 Å². The smallest absolute Gasteiger partial charge is 0.248 e. The number of primary amides is 1. The van der Waals surface area contributed by atoms with Crippen LogP contribution in [0.1, 0.15) is 26.3 Å². The molecule has 4 heteroatoms. The van der Waals surface area contributed by atoms with E-state index in [1.165, 1.54) is 6.08 Å². The predicted octanol–water partition coefficient (Wildman–Crippen LogP) is 3.44. The lowest BCUT2D eigenvalue weighted by atomic mass is 10.1. The van der Waals surface area contributed by atoms with Crippen molar-refractivity contribution in [3.63, 3.8) is 0 Å². The molecule has 0 atom stereocenters. The van der Waals surface area contributed by atoms with Crippen molar-refractivity contribution < 1.29 is 9.59 Å². The number of carbonyl (C=O) groups excluding carboxylic acids is 2. The quantitative estimate of drug-likeness (QED) is 0.689. The fraction of sp³-hybridized carbons (Fsp3) is 0. The number of carbonyl (C=O) groups is 2. The average Bonchev–Trinajstić information content (AvgIpc) is 2.46. The van der Waals surface area contributed by atoms with Crippen LogP contribution in [0.2, 0.25) is 0 Å². The van der Waals surface area contributed by atoms with E-state index in [4.69, 9.17) is 5.73 Å². The fourth-order valence-corrected chi connectivity index (χ4v) is 1.91. The first-order valence-corrected chi connectivity index (χ1v) is 6.73. The van der Waals surface area contributed by atoms with Gasteiger partial charge in [0.2, 0.25) is 5.91 Å². The number of hydrogen-bond acceptors (Lipinski definition) is 2. The van der Waals surface area contributed by atoms with E-state index in [1.807, 2.05) is 12.1 Å². The van der Waals surface area contributed by atoms with Crippen molar-refractivity contribution in [1.29, 1.82) is 0 Å². The summed E-state index contributed by atoms with van der Waals surface area (Å²) < 4.78 is 0.931. The van der Waals surface area contributed by atoms with E-state index < -0.39 is 5.91 Å². The summed E-state index contributed by atoms with van der Waals surface area (Å²) in [4.78, 5) is 22.9. The van der Waals surface area contributed by atoms with Crippen molar-refractivity contribution in [3.8, 4) is 0 Å². The normalized spacial score (nSPS) is 10.7. The van der Waals surface area contributed by atoms with Gasteiger partial charge in [-0.3, -0.25) is 9.59 Å². The lowest BCUT2D eigenvalue weighted by Crippen LogP contribution is -2.10. The zero-order valence-corrected chi connectivity index (χ0v) is 12.1. The Bertz CT molecular complexity index is 658. The molecule has 2 aromatic carbocycles. The highest BCUT2D eigenvalue weighted by Gasteiger charge is 2.01. The van der Waals surface area contributed by atoms with Gasteiger partial charge in [0.1, 0.15) is 0 Å². The van der Waals surface area contributed by atoms with Crippen LogP contribution in [0.15, 0.2) is 59.1 Å². The highest BCUT2D eigenvalue weighted by Crippen LogP contribution is 2.12. The Labute approximate surface area is 125 Å². The molecule has 2 rings (SSSR count). The van der Waals surface area contributed by atoms with Crippen molar-refractivity contribution in [3.05, 3.63) is 75.8 Å². The monoisotopic (exact) mass is 329 g/mol. The molecule has 20 heavy (non-hydrogen) atoms. The molecule has 0 unspecified atom stereocenters. The minimum Gasteiger partial charge on any atom is -0.366 e. The van der Waals surface area contributed by atoms with Gasteiger partial charge < -0.3 is 5.73 Å². The maximum Gasteiger partial charge on any atom is 0.248 e. The van der Waals surface area contributed by atoms with Crippen molar-refractivity contribution >= 4 is 33.7 Å². The molecule has 0 fully saturated rings. The highest BCUT2D eigenvalue weighted by molar-refractivity contribution is 9.10. The molecule has 0 aromatic heterocycles. The zero-order chi connectivity index (χ0) is 14.5. The first-order valence-electron chi connectivity index (χ1n) is 5.94. The summed E-state index contributed by atoms with van der Waals surface area (Å²) in [7, 11) is 0. The third-order valence-electron chi connectivity index (χ3n) is 2.75. The summed E-state index contributed by atoms with van der Waals surface area (Å²) in [6.45, 7) is 0. The van der Waals surface area contributed by atoms with Gasteiger partial charge in [0, 0.05) is 15.6 Å². The molecule has 0 heterocycles. The molecule has 0 spiro atoms. The summed E-state index contributed by atoms with van der Waals surface area (Å²) >= 11 is 3.32. The lowest BCUT2D eigenvalue weighted by Gasteiger charge is -1.98. The van der Waals surface area contributed by atoms with E-state index in [9.17, 15) is 9.59 Å². The number of allylic oxidation sites excluding steroid dienone is 1. The van der Waals surface area contributed by atoms with Crippen LogP contribution in [0.3, 0.4) is 0 Å². The van der Waals surface area contributed by atoms with Gasteiger partial charge in [0.05, 0.1) is 0 Å². The minimum atomic E-state index is -0.466. The van der Waals surface area contributed by atoms with Crippen LogP contribution in [0.25, 0.3) is 6.08 Å². The molecule has 0 radical (unpaired) electrons. The second kappa shape index (κ2) is 6.30. The van der Waals surface area contributed by atoms with Gasteiger partial charge in [-0.15, -0.1) is 0 Å². The van der Waals surface area contributed by atoms with Gasteiger partial charge in [-0.25, -0.2) is 0 Å². The maximum absolute atomic E-state index is 11.9. The van der Waals surface area contributed by atoms with Gasteiger partial charge in [-0.05, 0) is 48.0 Å². The fourth-order valence-electron chi connectivity index (χ4n) is 1.64. The van der Waals surface area contributed by atoms with Crippen molar-refractivity contribution in [1.82, 2.24) is 0 Å². The van der Waals surface area contributed by atoms with Gasteiger partial charge in [0.25, 0.3) is 0 Å². The van der Waals surface area contributed by atoms with Crippen molar-refractivity contribution in [2.45, 2.75) is 0 Å². The number of ketones is 1. The topological polar surface area (TPSA) is 60.2 Å². The van der Waals surface area contributed by atoms with Gasteiger partial charge >= 0.3 is 0 Å². The first kappa shape index (κ1) is 14.2. The molecule has 2 aromatic rings. The number of nitrogens with two attached hydrogens (primary N) is 1. The Balaban J connectivity index is 2.10. The number of halogens is 1. The van der Waals surface area contributed by atoms with Crippen LogP contribution < -0.4 is 5.73 Å². The number of amides is 1. The van der Waals surface area contributed by atoms with E-state index in [0.29, 0.717) is 11.1 Å². The van der Waals surface area contributed by atoms with Crippen molar-refractivity contribution in [2.24, 2.45) is 5.73 Å². The first-order chi connectivity index (χ1) is 9.56. The standard InChI is InChI=1S/C16H12BrNO2/c17-14-8-6-12(7-9-14)15(19)10-3-11-1-4-13(5-2-11)16(18)20/h1-10H,(H2,18,20). The van der Waals surface area contributed by atoms with Crippen LogP contribution >= 0.6 is 15.9 Å². The van der Waals surface area contributed by atoms with Gasteiger partial charge in [0.15, 0.2) is 5.78 Å². The van der Waals surface area contributed by atoms with E-state index in [0.717, 1.165) is 10.0 Å². The second-order valence-electron chi connectivity index (χ2n) is 4.19. The molecule has 0 aliphatic carbocycles. The molecule has 0 bridgehead atoms. The SMILES string of the molecule is NC(=O)c1ccc(C=CC(=O)c2ccc(Br)cc2)cc1. The highest BCUT2D eigenvalue weighted by atomic mass is 79.9. The second-order valence-corrected chi connectivity index (χ2v) is 5.11. The van der Waals surface area contributed by atoms with Crippen LogP contribution in [0.4, 0.5) is 0 Å². The summed E-state index contributed by atoms with van der Waals surface area (Å²) in [6.07, 6.45) is 3.21. The van der Waals surface area contributed by atoms with Gasteiger partial charge in [-0.2, -0.15) is 0 Å². The van der Waals surface area contributed by atoms with Crippen molar-refractivity contribution in [2.75, 3.05) is 0 Å². The zero-order valence-electron chi connectivity index (χ0n) is 10.5. The number of rotatable bonds is 4. The molecule has 0 saturated carbocycles. The molecule has 0 saturated heterocycles. The summed E-state index contributed by atoms with van der Waals surface area (Å²) in [5.41, 5.74) is 7.06. The molecule has 100 valence electrons. The summed E-state index contributed by atoms with van der Waals surface area (Å²) in [6, 6.07) is 13.9. The van der Waals surface area contributed by atoms with Crippen LogP contribution in [0.5, 0.6) is 0 Å². The Kier molecular flexibility index (Phi) is 4.48. The molecular weight excluding hydrogens is 318 g/mol. The Morgan fingerprint density at radius 3 is 2.00 bits per heavy atom. The molecular formula is C16H12BrNO2. The predicted molar refractivity (Wildman–Crippen MR) is 82.5 cm³/mol. The van der Waals surface area contributed by atoms with Crippen LogP contribution in [-0.2, 0) is 0 Å². The maximum atomic E-state index is 11.9. The molecule has 1 amide bonds. The average molecular weight is 330 g/mol.